The molecule has 24 heavy (non-hydrogen) atoms. The number of hydrogen-bond donors (Lipinski definition) is 1. The van der Waals surface area contributed by atoms with Crippen LogP contribution in [0.3, 0.4) is 0 Å². The number of ether oxygens (including phenoxy) is 1. The molecule has 0 saturated carbocycles. The molecule has 2 atom stereocenters. The number of ketones is 1. The van der Waals surface area contributed by atoms with Crippen molar-refractivity contribution in [2.75, 3.05) is 11.9 Å². The van der Waals surface area contributed by atoms with Crippen molar-refractivity contribution in [2.45, 2.75) is 46.5 Å². The number of rotatable bonds is 4. The molecule has 4 heteroatoms. The van der Waals surface area contributed by atoms with Crippen LogP contribution in [0.1, 0.15) is 46.6 Å². The van der Waals surface area contributed by atoms with Gasteiger partial charge in [0.15, 0.2) is 5.78 Å². The van der Waals surface area contributed by atoms with Gasteiger partial charge in [-0.3, -0.25) is 9.59 Å². The van der Waals surface area contributed by atoms with Gasteiger partial charge in [0.2, 0.25) is 0 Å². The van der Waals surface area contributed by atoms with Crippen LogP contribution >= 0.6 is 0 Å². The van der Waals surface area contributed by atoms with Crippen LogP contribution < -0.4 is 5.32 Å². The number of hydrogen-bond acceptors (Lipinski definition) is 4. The summed E-state index contributed by atoms with van der Waals surface area (Å²) in [7, 11) is 0. The lowest BCUT2D eigenvalue weighted by Gasteiger charge is -2.26. The molecule has 1 aromatic rings. The van der Waals surface area contributed by atoms with Gasteiger partial charge < -0.3 is 10.1 Å². The number of carbonyl (C=O) groups is 2. The van der Waals surface area contributed by atoms with E-state index < -0.39 is 11.9 Å². The summed E-state index contributed by atoms with van der Waals surface area (Å²) in [6, 6.07) is 8.23. The molecule has 2 unspecified atom stereocenters. The Balaban J connectivity index is 2.10. The van der Waals surface area contributed by atoms with Crippen molar-refractivity contribution in [3.05, 3.63) is 41.6 Å². The molecule has 0 spiro atoms. The van der Waals surface area contributed by atoms with Gasteiger partial charge in [-0.25, -0.2) is 0 Å². The molecule has 0 heterocycles. The molecular weight excluding hydrogens is 302 g/mol. The Morgan fingerprint density at radius 3 is 2.38 bits per heavy atom. The molecule has 0 aromatic heterocycles. The van der Waals surface area contributed by atoms with E-state index in [1.165, 1.54) is 5.56 Å². The predicted molar refractivity (Wildman–Crippen MR) is 95.8 cm³/mol. The third-order valence-electron chi connectivity index (χ3n) is 4.33. The SMILES string of the molecule is CCOC(=O)C1C(=O)C=C(Nc2ccc(C(C)(C)C)cc2)CC1C. The monoisotopic (exact) mass is 329 g/mol. The lowest BCUT2D eigenvalue weighted by atomic mass is 9.82. The van der Waals surface area contributed by atoms with E-state index in [2.05, 4.69) is 38.2 Å². The van der Waals surface area contributed by atoms with E-state index in [4.69, 9.17) is 4.74 Å². The lowest BCUT2D eigenvalue weighted by Crippen LogP contribution is -2.35. The Labute approximate surface area is 144 Å². The Hall–Kier alpha value is -2.10. The van der Waals surface area contributed by atoms with Crippen LogP contribution in [0.2, 0.25) is 0 Å². The van der Waals surface area contributed by atoms with Crippen LogP contribution in [0.15, 0.2) is 36.0 Å². The molecule has 0 radical (unpaired) electrons. The molecule has 0 bridgehead atoms. The van der Waals surface area contributed by atoms with Crippen LogP contribution in [0, 0.1) is 11.8 Å². The highest BCUT2D eigenvalue weighted by molar-refractivity contribution is 6.06. The third kappa shape index (κ3) is 4.25. The molecule has 1 N–H and O–H groups in total. The summed E-state index contributed by atoms with van der Waals surface area (Å²) >= 11 is 0. The van der Waals surface area contributed by atoms with Gasteiger partial charge in [-0.1, -0.05) is 39.8 Å². The summed E-state index contributed by atoms with van der Waals surface area (Å²) in [5.74, 6) is -1.35. The van der Waals surface area contributed by atoms with Gasteiger partial charge >= 0.3 is 5.97 Å². The summed E-state index contributed by atoms with van der Waals surface area (Å²) < 4.78 is 5.01. The zero-order valence-electron chi connectivity index (χ0n) is 15.2. The fourth-order valence-electron chi connectivity index (χ4n) is 2.97. The van der Waals surface area contributed by atoms with Crippen molar-refractivity contribution in [3.8, 4) is 0 Å². The van der Waals surface area contributed by atoms with E-state index in [0.717, 1.165) is 11.4 Å². The number of carbonyl (C=O) groups excluding carboxylic acids is 2. The number of esters is 1. The molecule has 1 aliphatic rings. The van der Waals surface area contributed by atoms with Crippen molar-refractivity contribution in [3.63, 3.8) is 0 Å². The highest BCUT2D eigenvalue weighted by atomic mass is 16.5. The topological polar surface area (TPSA) is 55.4 Å². The first-order valence-electron chi connectivity index (χ1n) is 8.51. The van der Waals surface area contributed by atoms with Crippen molar-refractivity contribution in [1.82, 2.24) is 0 Å². The van der Waals surface area contributed by atoms with E-state index >= 15 is 0 Å². The second-order valence-corrected chi connectivity index (χ2v) is 7.44. The van der Waals surface area contributed by atoms with Crippen LogP contribution in [0.5, 0.6) is 0 Å². The van der Waals surface area contributed by atoms with Crippen molar-refractivity contribution in [2.24, 2.45) is 11.8 Å². The van der Waals surface area contributed by atoms with E-state index in [0.29, 0.717) is 13.0 Å². The van der Waals surface area contributed by atoms with E-state index in [-0.39, 0.29) is 17.1 Å². The summed E-state index contributed by atoms with van der Waals surface area (Å²) in [4.78, 5) is 24.2. The maximum Gasteiger partial charge on any atom is 0.317 e. The average Bonchev–Trinajstić information content (AvgIpc) is 2.46. The first-order chi connectivity index (χ1) is 11.2. The van der Waals surface area contributed by atoms with Crippen molar-refractivity contribution >= 4 is 17.4 Å². The van der Waals surface area contributed by atoms with Crippen molar-refractivity contribution in [1.29, 1.82) is 0 Å². The highest BCUT2D eigenvalue weighted by Gasteiger charge is 2.36. The second kappa shape index (κ2) is 7.20. The first kappa shape index (κ1) is 18.2. The minimum atomic E-state index is -0.682. The molecule has 4 nitrogen and oxygen atoms in total. The normalized spacial score (nSPS) is 21.2. The van der Waals surface area contributed by atoms with Crippen LogP contribution in [-0.4, -0.2) is 18.4 Å². The summed E-state index contributed by atoms with van der Waals surface area (Å²) in [6.45, 7) is 10.5. The highest BCUT2D eigenvalue weighted by Crippen LogP contribution is 2.30. The number of anilines is 1. The first-order valence-corrected chi connectivity index (χ1v) is 8.51. The number of benzene rings is 1. The summed E-state index contributed by atoms with van der Waals surface area (Å²) in [5.41, 5.74) is 3.16. The van der Waals surface area contributed by atoms with Gasteiger partial charge in [-0.15, -0.1) is 0 Å². The largest absolute Gasteiger partial charge is 0.465 e. The molecular formula is C20H27NO3. The van der Waals surface area contributed by atoms with Crippen LogP contribution in [0.4, 0.5) is 5.69 Å². The average molecular weight is 329 g/mol. The second-order valence-electron chi connectivity index (χ2n) is 7.44. The Morgan fingerprint density at radius 2 is 1.88 bits per heavy atom. The quantitative estimate of drug-likeness (QED) is 0.668. The Bertz CT molecular complexity index is 638. The standard InChI is InChI=1S/C20H27NO3/c1-6-24-19(23)18-13(2)11-16(12-17(18)22)21-15-9-7-14(8-10-15)20(3,4)5/h7-10,12-13,18,21H,6,11H2,1-5H3. The lowest BCUT2D eigenvalue weighted by molar-refractivity contribution is -0.152. The molecule has 0 aliphatic heterocycles. The molecule has 1 aliphatic carbocycles. The van der Waals surface area contributed by atoms with Crippen LogP contribution in [0.25, 0.3) is 0 Å². The predicted octanol–water partition coefficient (Wildman–Crippen LogP) is 4.07. The zero-order chi connectivity index (χ0) is 17.9. The molecule has 2 rings (SSSR count). The summed E-state index contributed by atoms with van der Waals surface area (Å²) in [5, 5.41) is 3.30. The maximum absolute atomic E-state index is 12.3. The molecule has 0 saturated heterocycles. The minimum Gasteiger partial charge on any atom is -0.465 e. The van der Waals surface area contributed by atoms with Gasteiger partial charge in [0.05, 0.1) is 6.61 Å². The van der Waals surface area contributed by atoms with Crippen molar-refractivity contribution < 1.29 is 14.3 Å². The smallest absolute Gasteiger partial charge is 0.317 e. The van der Waals surface area contributed by atoms with E-state index in [1.54, 1.807) is 13.0 Å². The van der Waals surface area contributed by atoms with Gasteiger partial charge in [-0.2, -0.15) is 0 Å². The van der Waals surface area contributed by atoms with Crippen LogP contribution in [-0.2, 0) is 19.7 Å². The fraction of sp³-hybridized carbons (Fsp3) is 0.500. The van der Waals surface area contributed by atoms with Gasteiger partial charge in [-0.05, 0) is 42.4 Å². The van der Waals surface area contributed by atoms with E-state index in [1.807, 2.05) is 19.1 Å². The minimum absolute atomic E-state index is 0.0714. The molecule has 1 aromatic carbocycles. The summed E-state index contributed by atoms with van der Waals surface area (Å²) in [6.07, 6.45) is 2.19. The molecule has 130 valence electrons. The molecule has 0 fully saturated rings. The maximum atomic E-state index is 12.3. The Morgan fingerprint density at radius 1 is 1.25 bits per heavy atom. The molecule has 0 amide bonds. The number of nitrogens with one attached hydrogen (secondary N) is 1. The van der Waals surface area contributed by atoms with Gasteiger partial charge in [0.1, 0.15) is 5.92 Å². The van der Waals surface area contributed by atoms with Gasteiger partial charge in [0, 0.05) is 17.5 Å². The fourth-order valence-corrected chi connectivity index (χ4v) is 2.97. The Kier molecular flexibility index (Phi) is 5.47. The third-order valence-corrected chi connectivity index (χ3v) is 4.33. The van der Waals surface area contributed by atoms with Gasteiger partial charge in [0.25, 0.3) is 0 Å². The van der Waals surface area contributed by atoms with E-state index in [9.17, 15) is 9.59 Å². The zero-order valence-corrected chi connectivity index (χ0v) is 15.2. The number of allylic oxidation sites excluding steroid dienone is 2.